The molecule has 70 valence electrons. The number of oxazole rings is 1. The van der Waals surface area contributed by atoms with E-state index in [0.29, 0.717) is 17.9 Å². The van der Waals surface area contributed by atoms with Crippen LogP contribution in [-0.4, -0.2) is 17.9 Å². The lowest BCUT2D eigenvalue weighted by atomic mass is 10.0. The molecule has 1 aromatic heterocycles. The van der Waals surface area contributed by atoms with Crippen molar-refractivity contribution in [2.75, 3.05) is 6.61 Å². The topological polar surface area (TPSA) is 52.3 Å². The maximum atomic E-state index is 10.4. The second kappa shape index (κ2) is 2.96. The van der Waals surface area contributed by atoms with Crippen LogP contribution in [0.3, 0.4) is 0 Å². The molecule has 0 N–H and O–H groups in total. The van der Waals surface area contributed by atoms with Gasteiger partial charge in [0.25, 0.3) is 0 Å². The Bertz CT molecular complexity index is 312. The number of ether oxygens (including phenoxy) is 1. The summed E-state index contributed by atoms with van der Waals surface area (Å²) in [6.45, 7) is 2.66. The van der Waals surface area contributed by atoms with Crippen molar-refractivity contribution in [1.82, 2.24) is 4.98 Å². The minimum atomic E-state index is -0.429. The van der Waals surface area contributed by atoms with Crippen molar-refractivity contribution < 1.29 is 13.9 Å². The molecule has 0 amide bonds. The summed E-state index contributed by atoms with van der Waals surface area (Å²) in [7, 11) is 0. The van der Waals surface area contributed by atoms with Crippen LogP contribution >= 0.6 is 0 Å². The second-order valence-corrected chi connectivity index (χ2v) is 3.38. The molecule has 1 atom stereocenters. The summed E-state index contributed by atoms with van der Waals surface area (Å²) in [6.07, 6.45) is 3.93. The Hall–Kier alpha value is -1.16. The molecule has 4 nitrogen and oxygen atoms in total. The molecule has 1 aliphatic rings. The second-order valence-electron chi connectivity index (χ2n) is 3.38. The number of aldehydes is 1. The first kappa shape index (κ1) is 8.44. The van der Waals surface area contributed by atoms with Gasteiger partial charge in [-0.15, -0.1) is 0 Å². The number of carbonyl (C=O) groups is 1. The van der Waals surface area contributed by atoms with Crippen LogP contribution in [0.4, 0.5) is 0 Å². The van der Waals surface area contributed by atoms with E-state index in [0.717, 1.165) is 19.4 Å². The van der Waals surface area contributed by atoms with Gasteiger partial charge in [0, 0.05) is 6.61 Å². The first-order valence-electron chi connectivity index (χ1n) is 4.30. The van der Waals surface area contributed by atoms with Gasteiger partial charge >= 0.3 is 0 Å². The Morgan fingerprint density at radius 2 is 2.54 bits per heavy atom. The Morgan fingerprint density at radius 1 is 1.69 bits per heavy atom. The number of nitrogens with zero attached hydrogens (tertiary/aromatic N) is 1. The smallest absolute Gasteiger partial charge is 0.226 e. The highest BCUT2D eigenvalue weighted by molar-refractivity contribution is 5.70. The molecule has 13 heavy (non-hydrogen) atoms. The summed E-state index contributed by atoms with van der Waals surface area (Å²) in [5.74, 6) is 0.507. The van der Waals surface area contributed by atoms with Crippen molar-refractivity contribution in [2.45, 2.75) is 25.4 Å². The fourth-order valence-corrected chi connectivity index (χ4v) is 1.53. The lowest BCUT2D eigenvalue weighted by Crippen LogP contribution is -2.20. The van der Waals surface area contributed by atoms with Gasteiger partial charge in [0.05, 0.1) is 0 Å². The van der Waals surface area contributed by atoms with Crippen LogP contribution in [-0.2, 0) is 10.3 Å². The van der Waals surface area contributed by atoms with E-state index in [4.69, 9.17) is 9.15 Å². The molecule has 2 heterocycles. The van der Waals surface area contributed by atoms with Crippen molar-refractivity contribution in [1.29, 1.82) is 0 Å². The standard InChI is InChI=1S/C9H11NO3/c1-9(3-2-4-13-9)8-10-7(5-11)6-12-8/h5-6H,2-4H2,1H3. The fourth-order valence-electron chi connectivity index (χ4n) is 1.53. The van der Waals surface area contributed by atoms with E-state index in [-0.39, 0.29) is 0 Å². The van der Waals surface area contributed by atoms with Gasteiger partial charge in [0.1, 0.15) is 17.6 Å². The molecule has 0 bridgehead atoms. The monoisotopic (exact) mass is 181 g/mol. The van der Waals surface area contributed by atoms with E-state index in [1.165, 1.54) is 6.26 Å². The number of rotatable bonds is 2. The highest BCUT2D eigenvalue weighted by Gasteiger charge is 2.36. The maximum absolute atomic E-state index is 10.4. The molecule has 0 radical (unpaired) electrons. The Labute approximate surface area is 75.9 Å². The third-order valence-corrected chi connectivity index (χ3v) is 2.31. The van der Waals surface area contributed by atoms with E-state index < -0.39 is 5.60 Å². The Morgan fingerprint density at radius 3 is 3.08 bits per heavy atom. The SMILES string of the molecule is CC1(c2nc(C=O)co2)CCCO1. The average Bonchev–Trinajstić information content (AvgIpc) is 2.72. The lowest BCUT2D eigenvalue weighted by Gasteiger charge is -2.17. The van der Waals surface area contributed by atoms with Crippen molar-refractivity contribution in [3.8, 4) is 0 Å². The predicted molar refractivity (Wildman–Crippen MR) is 44.4 cm³/mol. The van der Waals surface area contributed by atoms with E-state index in [9.17, 15) is 4.79 Å². The van der Waals surface area contributed by atoms with Crippen LogP contribution in [0.2, 0.25) is 0 Å². The molecule has 1 aliphatic heterocycles. The summed E-state index contributed by atoms with van der Waals surface area (Å²) in [4.78, 5) is 14.4. The first-order chi connectivity index (χ1) is 6.24. The maximum Gasteiger partial charge on any atom is 0.226 e. The molecule has 1 fully saturated rings. The molecule has 4 heteroatoms. The Kier molecular flexibility index (Phi) is 1.92. The zero-order chi connectivity index (χ0) is 9.31. The predicted octanol–water partition coefficient (Wildman–Crippen LogP) is 1.51. The number of hydrogen-bond acceptors (Lipinski definition) is 4. The van der Waals surface area contributed by atoms with Crippen LogP contribution in [0.15, 0.2) is 10.7 Å². The van der Waals surface area contributed by atoms with Gasteiger partial charge in [0.2, 0.25) is 5.89 Å². The molecule has 2 rings (SSSR count). The van der Waals surface area contributed by atoms with E-state index in [1.54, 1.807) is 0 Å². The zero-order valence-electron chi connectivity index (χ0n) is 7.45. The summed E-state index contributed by atoms with van der Waals surface area (Å²) >= 11 is 0. The number of hydrogen-bond donors (Lipinski definition) is 0. The zero-order valence-corrected chi connectivity index (χ0v) is 7.45. The lowest BCUT2D eigenvalue weighted by molar-refractivity contribution is -0.00531. The van der Waals surface area contributed by atoms with Gasteiger partial charge in [-0.3, -0.25) is 4.79 Å². The molecule has 1 saturated heterocycles. The molecular formula is C9H11NO3. The van der Waals surface area contributed by atoms with Gasteiger partial charge in [0.15, 0.2) is 6.29 Å². The van der Waals surface area contributed by atoms with Gasteiger partial charge in [-0.2, -0.15) is 0 Å². The molecule has 0 aliphatic carbocycles. The minimum Gasteiger partial charge on any atom is -0.445 e. The van der Waals surface area contributed by atoms with E-state index >= 15 is 0 Å². The van der Waals surface area contributed by atoms with Crippen molar-refractivity contribution in [2.24, 2.45) is 0 Å². The summed E-state index contributed by atoms with van der Waals surface area (Å²) < 4.78 is 10.7. The van der Waals surface area contributed by atoms with Crippen LogP contribution < -0.4 is 0 Å². The van der Waals surface area contributed by atoms with Crippen LogP contribution in [0.1, 0.15) is 36.1 Å². The van der Waals surface area contributed by atoms with Crippen molar-refractivity contribution in [3.05, 3.63) is 17.8 Å². The highest BCUT2D eigenvalue weighted by Crippen LogP contribution is 2.34. The third kappa shape index (κ3) is 1.37. The van der Waals surface area contributed by atoms with Crippen molar-refractivity contribution in [3.63, 3.8) is 0 Å². The van der Waals surface area contributed by atoms with Gasteiger partial charge < -0.3 is 9.15 Å². The third-order valence-electron chi connectivity index (χ3n) is 2.31. The summed E-state index contributed by atoms with van der Waals surface area (Å²) in [5.41, 5.74) is -0.104. The molecule has 1 aromatic rings. The molecule has 0 saturated carbocycles. The van der Waals surface area contributed by atoms with Gasteiger partial charge in [-0.1, -0.05) is 0 Å². The normalized spacial score (nSPS) is 27.8. The largest absolute Gasteiger partial charge is 0.445 e. The summed E-state index contributed by atoms with van der Waals surface area (Å²) in [5, 5.41) is 0. The molecule has 0 spiro atoms. The fraction of sp³-hybridized carbons (Fsp3) is 0.556. The number of aromatic nitrogens is 1. The molecular weight excluding hydrogens is 170 g/mol. The molecule has 1 unspecified atom stereocenters. The van der Waals surface area contributed by atoms with Crippen molar-refractivity contribution >= 4 is 6.29 Å². The quantitative estimate of drug-likeness (QED) is 0.649. The van der Waals surface area contributed by atoms with E-state index in [2.05, 4.69) is 4.98 Å². The van der Waals surface area contributed by atoms with E-state index in [1.807, 2.05) is 6.92 Å². The van der Waals surface area contributed by atoms with Crippen LogP contribution in [0.25, 0.3) is 0 Å². The molecule has 0 aromatic carbocycles. The minimum absolute atomic E-state index is 0.326. The van der Waals surface area contributed by atoms with Crippen LogP contribution in [0.5, 0.6) is 0 Å². The Balaban J connectivity index is 2.28. The summed E-state index contributed by atoms with van der Waals surface area (Å²) in [6, 6.07) is 0. The highest BCUT2D eigenvalue weighted by atomic mass is 16.5. The first-order valence-corrected chi connectivity index (χ1v) is 4.30. The van der Waals surface area contributed by atoms with Gasteiger partial charge in [-0.25, -0.2) is 4.98 Å². The average molecular weight is 181 g/mol. The number of carbonyl (C=O) groups excluding carboxylic acids is 1. The van der Waals surface area contributed by atoms with Gasteiger partial charge in [-0.05, 0) is 19.8 Å². The van der Waals surface area contributed by atoms with Crippen LogP contribution in [0, 0.1) is 0 Å².